The number of aliphatic hydroxyl groups excluding tert-OH is 1. The molecule has 0 atom stereocenters. The van der Waals surface area contributed by atoms with Crippen LogP contribution in [0.25, 0.3) is 11.1 Å². The number of aromatic nitrogens is 1. The number of pyridine rings is 1. The van der Waals surface area contributed by atoms with Gasteiger partial charge in [0.05, 0.1) is 13.7 Å². The molecular weight excluding hydrogens is 221 g/mol. The van der Waals surface area contributed by atoms with Crippen molar-refractivity contribution in [1.29, 1.82) is 0 Å². The van der Waals surface area contributed by atoms with Gasteiger partial charge in [-0.1, -0.05) is 12.1 Å². The molecule has 1 aromatic carbocycles. The number of benzene rings is 1. The second-order valence-electron chi connectivity index (χ2n) is 3.56. The molecule has 1 heterocycles. The Morgan fingerprint density at radius 1 is 1.29 bits per heavy atom. The molecule has 88 valence electrons. The van der Waals surface area contributed by atoms with E-state index in [9.17, 15) is 4.39 Å². The molecule has 0 aliphatic rings. The van der Waals surface area contributed by atoms with Gasteiger partial charge in [0, 0.05) is 17.8 Å². The fourth-order valence-corrected chi connectivity index (χ4v) is 1.58. The first-order valence-electron chi connectivity index (χ1n) is 5.14. The number of aliphatic hydroxyl groups is 1. The molecule has 2 aromatic rings. The van der Waals surface area contributed by atoms with Crippen molar-refractivity contribution in [1.82, 2.24) is 4.98 Å². The average molecular weight is 233 g/mol. The Morgan fingerprint density at radius 3 is 2.76 bits per heavy atom. The highest BCUT2D eigenvalue weighted by atomic mass is 19.1. The maximum atomic E-state index is 13.8. The average Bonchev–Trinajstić information content (AvgIpc) is 2.38. The van der Waals surface area contributed by atoms with Crippen LogP contribution >= 0.6 is 0 Å². The highest BCUT2D eigenvalue weighted by molar-refractivity contribution is 5.65. The van der Waals surface area contributed by atoms with Gasteiger partial charge >= 0.3 is 0 Å². The Hall–Kier alpha value is -1.94. The monoisotopic (exact) mass is 233 g/mol. The second kappa shape index (κ2) is 4.93. The number of methoxy groups -OCH3 is 1. The van der Waals surface area contributed by atoms with Gasteiger partial charge in [0.25, 0.3) is 0 Å². The van der Waals surface area contributed by atoms with Crippen molar-refractivity contribution in [2.75, 3.05) is 7.11 Å². The lowest BCUT2D eigenvalue weighted by Crippen LogP contribution is -1.91. The summed E-state index contributed by atoms with van der Waals surface area (Å²) < 4.78 is 18.8. The molecule has 0 amide bonds. The molecule has 0 saturated carbocycles. The van der Waals surface area contributed by atoms with Crippen molar-refractivity contribution in [2.24, 2.45) is 0 Å². The van der Waals surface area contributed by atoms with Crippen LogP contribution in [0.1, 0.15) is 5.56 Å². The highest BCUT2D eigenvalue weighted by Gasteiger charge is 2.07. The van der Waals surface area contributed by atoms with E-state index >= 15 is 0 Å². The van der Waals surface area contributed by atoms with E-state index in [1.54, 1.807) is 30.5 Å². The van der Waals surface area contributed by atoms with Gasteiger partial charge < -0.3 is 9.84 Å². The smallest absolute Gasteiger partial charge is 0.213 e. The van der Waals surface area contributed by atoms with Gasteiger partial charge in [0.15, 0.2) is 0 Å². The van der Waals surface area contributed by atoms with Gasteiger partial charge in [0.2, 0.25) is 5.88 Å². The van der Waals surface area contributed by atoms with Crippen molar-refractivity contribution in [3.05, 3.63) is 47.9 Å². The van der Waals surface area contributed by atoms with E-state index in [-0.39, 0.29) is 12.4 Å². The maximum absolute atomic E-state index is 13.8. The van der Waals surface area contributed by atoms with E-state index in [2.05, 4.69) is 4.98 Å². The summed E-state index contributed by atoms with van der Waals surface area (Å²) in [5, 5.41) is 8.91. The van der Waals surface area contributed by atoms with E-state index in [1.165, 1.54) is 13.2 Å². The topological polar surface area (TPSA) is 42.4 Å². The summed E-state index contributed by atoms with van der Waals surface area (Å²) in [6.45, 7) is -0.170. The molecule has 0 saturated heterocycles. The fraction of sp³-hybridized carbons (Fsp3) is 0.154. The van der Waals surface area contributed by atoms with Crippen LogP contribution in [0, 0.1) is 5.82 Å². The first-order chi connectivity index (χ1) is 8.24. The standard InChI is InChI=1S/C13H12FNO2/c1-17-13-7-10(4-5-15-13)11-3-2-9(8-16)6-12(11)14/h2-7,16H,8H2,1H3. The summed E-state index contributed by atoms with van der Waals surface area (Å²) in [4.78, 5) is 3.96. The lowest BCUT2D eigenvalue weighted by Gasteiger charge is -2.06. The third kappa shape index (κ3) is 2.42. The highest BCUT2D eigenvalue weighted by Crippen LogP contribution is 2.25. The quantitative estimate of drug-likeness (QED) is 0.885. The molecule has 4 heteroatoms. The van der Waals surface area contributed by atoms with E-state index in [0.717, 1.165) is 0 Å². The number of hydrogen-bond donors (Lipinski definition) is 1. The number of nitrogens with zero attached hydrogens (tertiary/aromatic N) is 1. The lowest BCUT2D eigenvalue weighted by atomic mass is 10.0. The van der Waals surface area contributed by atoms with Crippen molar-refractivity contribution >= 4 is 0 Å². The predicted molar refractivity (Wildman–Crippen MR) is 62.1 cm³/mol. The molecule has 0 aliphatic carbocycles. The van der Waals surface area contributed by atoms with Crippen LogP contribution in [0.15, 0.2) is 36.5 Å². The first-order valence-corrected chi connectivity index (χ1v) is 5.14. The summed E-state index contributed by atoms with van der Waals surface area (Å²) in [7, 11) is 1.51. The molecule has 0 spiro atoms. The zero-order chi connectivity index (χ0) is 12.3. The Labute approximate surface area is 98.5 Å². The number of ether oxygens (including phenoxy) is 1. The van der Waals surface area contributed by atoms with Crippen molar-refractivity contribution in [2.45, 2.75) is 6.61 Å². The van der Waals surface area contributed by atoms with Crippen LogP contribution in [-0.2, 0) is 6.61 Å². The van der Waals surface area contributed by atoms with Gasteiger partial charge in [-0.2, -0.15) is 0 Å². The second-order valence-corrected chi connectivity index (χ2v) is 3.56. The fourth-order valence-electron chi connectivity index (χ4n) is 1.58. The van der Waals surface area contributed by atoms with Crippen LogP contribution in [0.4, 0.5) is 4.39 Å². The molecule has 17 heavy (non-hydrogen) atoms. The third-order valence-electron chi connectivity index (χ3n) is 2.47. The van der Waals surface area contributed by atoms with Crippen molar-refractivity contribution in [3.8, 4) is 17.0 Å². The Balaban J connectivity index is 2.45. The third-order valence-corrected chi connectivity index (χ3v) is 2.47. The minimum Gasteiger partial charge on any atom is -0.481 e. The summed E-state index contributed by atoms with van der Waals surface area (Å²) >= 11 is 0. The van der Waals surface area contributed by atoms with E-state index < -0.39 is 0 Å². The molecule has 0 fully saturated rings. The molecule has 2 rings (SSSR count). The number of rotatable bonds is 3. The molecule has 1 N–H and O–H groups in total. The Kier molecular flexibility index (Phi) is 3.35. The number of halogens is 1. The molecule has 0 unspecified atom stereocenters. The normalized spacial score (nSPS) is 10.3. The molecule has 1 aromatic heterocycles. The minimum absolute atomic E-state index is 0.170. The summed E-state index contributed by atoms with van der Waals surface area (Å²) in [6.07, 6.45) is 1.56. The summed E-state index contributed by atoms with van der Waals surface area (Å²) in [5.41, 5.74) is 1.70. The largest absolute Gasteiger partial charge is 0.481 e. The van der Waals surface area contributed by atoms with Gasteiger partial charge in [-0.3, -0.25) is 0 Å². The van der Waals surface area contributed by atoms with E-state index in [0.29, 0.717) is 22.6 Å². The predicted octanol–water partition coefficient (Wildman–Crippen LogP) is 2.39. The van der Waals surface area contributed by atoms with Crippen LogP contribution in [0.3, 0.4) is 0 Å². The summed E-state index contributed by atoms with van der Waals surface area (Å²) in [5.74, 6) is 0.0675. The van der Waals surface area contributed by atoms with Crippen LogP contribution in [-0.4, -0.2) is 17.2 Å². The summed E-state index contributed by atoms with van der Waals surface area (Å²) in [6, 6.07) is 8.01. The van der Waals surface area contributed by atoms with Crippen LogP contribution in [0.5, 0.6) is 5.88 Å². The Morgan fingerprint density at radius 2 is 2.12 bits per heavy atom. The molecule has 0 radical (unpaired) electrons. The maximum Gasteiger partial charge on any atom is 0.213 e. The van der Waals surface area contributed by atoms with Crippen molar-refractivity contribution in [3.63, 3.8) is 0 Å². The zero-order valence-electron chi connectivity index (χ0n) is 9.35. The van der Waals surface area contributed by atoms with Crippen molar-refractivity contribution < 1.29 is 14.2 Å². The SMILES string of the molecule is COc1cc(-c2ccc(CO)cc2F)ccn1. The number of hydrogen-bond acceptors (Lipinski definition) is 3. The van der Waals surface area contributed by atoms with E-state index in [4.69, 9.17) is 9.84 Å². The minimum atomic E-state index is -0.371. The van der Waals surface area contributed by atoms with E-state index in [1.807, 2.05) is 0 Å². The van der Waals surface area contributed by atoms with Crippen LogP contribution in [0.2, 0.25) is 0 Å². The molecular formula is C13H12FNO2. The van der Waals surface area contributed by atoms with Gasteiger partial charge in [-0.25, -0.2) is 9.37 Å². The van der Waals surface area contributed by atoms with Gasteiger partial charge in [-0.15, -0.1) is 0 Å². The van der Waals surface area contributed by atoms with Gasteiger partial charge in [-0.05, 0) is 23.3 Å². The molecule has 0 aliphatic heterocycles. The zero-order valence-corrected chi connectivity index (χ0v) is 9.35. The van der Waals surface area contributed by atoms with Gasteiger partial charge in [0.1, 0.15) is 5.82 Å². The first kappa shape index (κ1) is 11.5. The molecule has 0 bridgehead atoms. The Bertz CT molecular complexity index is 529. The molecule has 3 nitrogen and oxygen atoms in total. The van der Waals surface area contributed by atoms with Crippen LogP contribution < -0.4 is 4.74 Å². The lowest BCUT2D eigenvalue weighted by molar-refractivity contribution is 0.281.